The summed E-state index contributed by atoms with van der Waals surface area (Å²) in [4.78, 5) is 11.7. The van der Waals surface area contributed by atoms with Crippen LogP contribution in [0.2, 0.25) is 0 Å². The van der Waals surface area contributed by atoms with E-state index in [9.17, 15) is 13.2 Å². The van der Waals surface area contributed by atoms with Crippen LogP contribution < -0.4 is 0 Å². The molecule has 1 saturated heterocycles. The van der Waals surface area contributed by atoms with Gasteiger partial charge in [0.2, 0.25) is 10.0 Å². The number of nitrogens with zero attached hydrogens (tertiary/aromatic N) is 1. The number of hydrogen-bond donors (Lipinski definition) is 0. The third-order valence-electron chi connectivity index (χ3n) is 3.25. The number of benzene rings is 1. The summed E-state index contributed by atoms with van der Waals surface area (Å²) < 4.78 is 36.5. The molecule has 6 nitrogen and oxygen atoms in total. The number of esters is 1. The third kappa shape index (κ3) is 4.89. The van der Waals surface area contributed by atoms with E-state index in [0.29, 0.717) is 26.3 Å². The minimum Gasteiger partial charge on any atom is -0.460 e. The fraction of sp³-hybridized carbons (Fsp3) is 0.438. The van der Waals surface area contributed by atoms with Gasteiger partial charge in [-0.2, -0.15) is 4.31 Å². The molecule has 0 aliphatic carbocycles. The van der Waals surface area contributed by atoms with E-state index in [2.05, 4.69) is 0 Å². The van der Waals surface area contributed by atoms with Gasteiger partial charge < -0.3 is 9.47 Å². The molecule has 0 bridgehead atoms. The maximum atomic E-state index is 12.5. The molecule has 1 aliphatic heterocycles. The van der Waals surface area contributed by atoms with E-state index in [1.54, 1.807) is 32.1 Å². The highest BCUT2D eigenvalue weighted by Crippen LogP contribution is 2.18. The van der Waals surface area contributed by atoms with Gasteiger partial charge in [-0.1, -0.05) is 12.1 Å². The first-order valence-corrected chi connectivity index (χ1v) is 8.90. The molecule has 0 aromatic heterocycles. The molecule has 23 heavy (non-hydrogen) atoms. The lowest BCUT2D eigenvalue weighted by molar-refractivity contribution is -0.141. The Labute approximate surface area is 136 Å². The van der Waals surface area contributed by atoms with Crippen molar-refractivity contribution in [2.24, 2.45) is 0 Å². The minimum atomic E-state index is -3.49. The molecule has 1 heterocycles. The zero-order chi connectivity index (χ0) is 16.9. The number of rotatable bonds is 5. The van der Waals surface area contributed by atoms with E-state index < -0.39 is 16.0 Å². The molecule has 0 atom stereocenters. The lowest BCUT2D eigenvalue weighted by Crippen LogP contribution is -2.40. The second-order valence-electron chi connectivity index (χ2n) is 5.40. The molecule has 126 valence electrons. The van der Waals surface area contributed by atoms with Crippen molar-refractivity contribution in [3.63, 3.8) is 0 Å². The fourth-order valence-corrected chi connectivity index (χ4v) is 3.53. The van der Waals surface area contributed by atoms with Crippen molar-refractivity contribution in [1.82, 2.24) is 4.31 Å². The van der Waals surface area contributed by atoms with Gasteiger partial charge in [-0.3, -0.25) is 0 Å². The van der Waals surface area contributed by atoms with E-state index in [0.717, 1.165) is 5.56 Å². The molecule has 0 N–H and O–H groups in total. The first kappa shape index (κ1) is 17.7. The summed E-state index contributed by atoms with van der Waals surface area (Å²) in [6.07, 6.45) is 2.75. The quantitative estimate of drug-likeness (QED) is 0.603. The van der Waals surface area contributed by atoms with Crippen molar-refractivity contribution in [3.05, 3.63) is 35.9 Å². The van der Waals surface area contributed by atoms with Crippen LogP contribution in [0.1, 0.15) is 19.4 Å². The predicted octanol–water partition coefficient (Wildman–Crippen LogP) is 1.67. The maximum absolute atomic E-state index is 12.5. The normalized spacial score (nSPS) is 16.8. The molecule has 0 unspecified atom stereocenters. The van der Waals surface area contributed by atoms with Crippen LogP contribution in [0.5, 0.6) is 0 Å². The summed E-state index contributed by atoms with van der Waals surface area (Å²) in [6, 6.07) is 6.40. The Bertz CT molecular complexity index is 658. The largest absolute Gasteiger partial charge is 0.460 e. The summed E-state index contributed by atoms with van der Waals surface area (Å²) in [5.74, 6) is -0.426. The molecule has 1 aliphatic rings. The van der Waals surface area contributed by atoms with Crippen molar-refractivity contribution >= 4 is 22.1 Å². The van der Waals surface area contributed by atoms with Crippen LogP contribution in [-0.2, 0) is 24.3 Å². The van der Waals surface area contributed by atoms with E-state index >= 15 is 0 Å². The smallest absolute Gasteiger partial charge is 0.331 e. The second kappa shape index (κ2) is 7.72. The molecule has 0 radical (unpaired) electrons. The van der Waals surface area contributed by atoms with E-state index in [1.807, 2.05) is 0 Å². The average molecular weight is 339 g/mol. The highest BCUT2D eigenvalue weighted by molar-refractivity contribution is 7.89. The fourth-order valence-electron chi connectivity index (χ4n) is 2.12. The summed E-state index contributed by atoms with van der Waals surface area (Å²) in [5.41, 5.74) is 0.728. The Morgan fingerprint density at radius 2 is 1.83 bits per heavy atom. The molecule has 1 aromatic carbocycles. The molecule has 7 heteroatoms. The van der Waals surface area contributed by atoms with Gasteiger partial charge in [0.25, 0.3) is 0 Å². The zero-order valence-corrected chi connectivity index (χ0v) is 14.1. The molecule has 1 aromatic rings. The Kier molecular flexibility index (Phi) is 5.92. The van der Waals surface area contributed by atoms with Gasteiger partial charge in [0, 0.05) is 19.2 Å². The molecular formula is C16H21NO5S. The average Bonchev–Trinajstić information content (AvgIpc) is 2.53. The first-order valence-electron chi connectivity index (χ1n) is 7.46. The van der Waals surface area contributed by atoms with Crippen LogP contribution >= 0.6 is 0 Å². The summed E-state index contributed by atoms with van der Waals surface area (Å²) in [5, 5.41) is 0. The molecule has 1 fully saturated rings. The first-order chi connectivity index (χ1) is 10.9. The van der Waals surface area contributed by atoms with Crippen LogP contribution in [-0.4, -0.2) is 51.1 Å². The Balaban J connectivity index is 2.07. The van der Waals surface area contributed by atoms with Crippen molar-refractivity contribution in [1.29, 1.82) is 0 Å². The number of sulfonamides is 1. The standard InChI is InChI=1S/C16H21NO5S/c1-13(2)22-16(18)8-5-14-3-6-15(7-4-14)23(19,20)17-9-11-21-12-10-17/h3-8,13H,9-12H2,1-2H3/b8-5+. The zero-order valence-electron chi connectivity index (χ0n) is 13.3. The van der Waals surface area contributed by atoms with Crippen LogP contribution in [0.25, 0.3) is 6.08 Å². The van der Waals surface area contributed by atoms with Gasteiger partial charge >= 0.3 is 5.97 Å². The molecule has 0 amide bonds. The number of ether oxygens (including phenoxy) is 2. The molecule has 2 rings (SSSR count). The maximum Gasteiger partial charge on any atom is 0.331 e. The van der Waals surface area contributed by atoms with E-state index in [4.69, 9.17) is 9.47 Å². The van der Waals surface area contributed by atoms with Crippen molar-refractivity contribution < 1.29 is 22.7 Å². The van der Waals surface area contributed by atoms with Gasteiger partial charge in [-0.25, -0.2) is 13.2 Å². The minimum absolute atomic E-state index is 0.173. The number of hydrogen-bond acceptors (Lipinski definition) is 5. The van der Waals surface area contributed by atoms with Crippen LogP contribution in [0, 0.1) is 0 Å². The van der Waals surface area contributed by atoms with Crippen LogP contribution in [0.15, 0.2) is 35.2 Å². The second-order valence-corrected chi connectivity index (χ2v) is 7.34. The van der Waals surface area contributed by atoms with Crippen LogP contribution in [0.4, 0.5) is 0 Å². The number of morpholine rings is 1. The molecule has 0 spiro atoms. The highest BCUT2D eigenvalue weighted by Gasteiger charge is 2.25. The molecular weight excluding hydrogens is 318 g/mol. The lowest BCUT2D eigenvalue weighted by atomic mass is 10.2. The topological polar surface area (TPSA) is 72.9 Å². The van der Waals surface area contributed by atoms with Gasteiger partial charge in [0.1, 0.15) is 0 Å². The van der Waals surface area contributed by atoms with Gasteiger partial charge in [-0.05, 0) is 37.6 Å². The van der Waals surface area contributed by atoms with Gasteiger partial charge in [0.15, 0.2) is 0 Å². The van der Waals surface area contributed by atoms with E-state index in [-0.39, 0.29) is 11.0 Å². The summed E-state index contributed by atoms with van der Waals surface area (Å²) in [6.45, 7) is 5.11. The number of carbonyl (C=O) groups excluding carboxylic acids is 1. The SMILES string of the molecule is CC(C)OC(=O)/C=C/c1ccc(S(=O)(=O)N2CCOCC2)cc1. The summed E-state index contributed by atoms with van der Waals surface area (Å²) in [7, 11) is -3.49. The van der Waals surface area contributed by atoms with Crippen molar-refractivity contribution in [2.45, 2.75) is 24.8 Å². The Morgan fingerprint density at radius 1 is 1.22 bits per heavy atom. The predicted molar refractivity (Wildman–Crippen MR) is 86.3 cm³/mol. The highest BCUT2D eigenvalue weighted by atomic mass is 32.2. The van der Waals surface area contributed by atoms with Crippen LogP contribution in [0.3, 0.4) is 0 Å². The monoisotopic (exact) mass is 339 g/mol. The Morgan fingerprint density at radius 3 is 2.39 bits per heavy atom. The van der Waals surface area contributed by atoms with Gasteiger partial charge in [0.05, 0.1) is 24.2 Å². The van der Waals surface area contributed by atoms with Crippen molar-refractivity contribution in [3.8, 4) is 0 Å². The summed E-state index contributed by atoms with van der Waals surface area (Å²) >= 11 is 0. The number of carbonyl (C=O) groups is 1. The molecule has 0 saturated carbocycles. The van der Waals surface area contributed by atoms with Gasteiger partial charge in [-0.15, -0.1) is 0 Å². The Hall–Kier alpha value is -1.70. The van der Waals surface area contributed by atoms with E-state index in [1.165, 1.54) is 22.5 Å². The lowest BCUT2D eigenvalue weighted by Gasteiger charge is -2.26. The third-order valence-corrected chi connectivity index (χ3v) is 5.16. The van der Waals surface area contributed by atoms with Crippen molar-refractivity contribution in [2.75, 3.05) is 26.3 Å².